The van der Waals surface area contributed by atoms with E-state index in [0.29, 0.717) is 0 Å². The average Bonchev–Trinajstić information content (AvgIpc) is 2.82. The Kier molecular flexibility index (Phi) is 4.51. The number of nitrogens with one attached hydrogen (secondary N) is 1. The molecule has 1 heterocycles. The van der Waals surface area contributed by atoms with Crippen LogP contribution in [0.5, 0.6) is 0 Å². The monoisotopic (exact) mass is 236 g/mol. The molecule has 1 atom stereocenters. The van der Waals surface area contributed by atoms with Gasteiger partial charge in [0, 0.05) is 24.7 Å². The molecule has 1 aliphatic rings. The molecule has 2 rings (SSSR count). The van der Waals surface area contributed by atoms with Gasteiger partial charge in [-0.05, 0) is 38.9 Å². The summed E-state index contributed by atoms with van der Waals surface area (Å²) >= 11 is 0. The maximum atomic E-state index is 13.5. The Morgan fingerprint density at radius 1 is 1.29 bits per heavy atom. The van der Waals surface area contributed by atoms with Crippen LogP contribution in [0.15, 0.2) is 24.3 Å². The molecule has 0 aliphatic carbocycles. The zero-order valence-electron chi connectivity index (χ0n) is 10.5. The van der Waals surface area contributed by atoms with Crippen molar-refractivity contribution in [3.63, 3.8) is 0 Å². The third-order valence-electron chi connectivity index (χ3n) is 3.45. The van der Waals surface area contributed by atoms with Gasteiger partial charge in [-0.3, -0.25) is 0 Å². The van der Waals surface area contributed by atoms with Crippen molar-refractivity contribution in [2.45, 2.75) is 25.8 Å². The van der Waals surface area contributed by atoms with Gasteiger partial charge >= 0.3 is 0 Å². The number of hydrogen-bond donors (Lipinski definition) is 1. The molecule has 0 spiro atoms. The maximum absolute atomic E-state index is 13.5. The molecule has 1 fully saturated rings. The molecular formula is C14H21FN2. The van der Waals surface area contributed by atoms with Gasteiger partial charge < -0.3 is 10.2 Å². The number of hydrogen-bond acceptors (Lipinski definition) is 2. The zero-order chi connectivity index (χ0) is 12.1. The van der Waals surface area contributed by atoms with Crippen LogP contribution in [-0.2, 0) is 0 Å². The van der Waals surface area contributed by atoms with E-state index in [2.05, 4.69) is 10.2 Å². The topological polar surface area (TPSA) is 15.3 Å². The molecule has 1 N–H and O–H groups in total. The molecule has 2 nitrogen and oxygen atoms in total. The Balaban J connectivity index is 1.77. The average molecular weight is 236 g/mol. The number of rotatable bonds is 5. The van der Waals surface area contributed by atoms with Crippen LogP contribution in [0.25, 0.3) is 0 Å². The van der Waals surface area contributed by atoms with Crippen molar-refractivity contribution >= 4 is 0 Å². The van der Waals surface area contributed by atoms with Crippen LogP contribution in [0.2, 0.25) is 0 Å². The highest BCUT2D eigenvalue weighted by Crippen LogP contribution is 2.15. The first-order valence-corrected chi connectivity index (χ1v) is 6.47. The number of nitrogens with zero attached hydrogens (tertiary/aromatic N) is 1. The maximum Gasteiger partial charge on any atom is 0.127 e. The molecular weight excluding hydrogens is 215 g/mol. The lowest BCUT2D eigenvalue weighted by atomic mass is 10.1. The number of likely N-dealkylation sites (tertiary alicyclic amines) is 1. The summed E-state index contributed by atoms with van der Waals surface area (Å²) in [6.07, 6.45) is 2.64. The fourth-order valence-electron chi connectivity index (χ4n) is 2.38. The molecule has 0 bridgehead atoms. The quantitative estimate of drug-likeness (QED) is 0.845. The predicted molar refractivity (Wildman–Crippen MR) is 68.5 cm³/mol. The van der Waals surface area contributed by atoms with E-state index >= 15 is 0 Å². The summed E-state index contributed by atoms with van der Waals surface area (Å²) in [5.74, 6) is -0.117. The van der Waals surface area contributed by atoms with Gasteiger partial charge in [0.2, 0.25) is 0 Å². The van der Waals surface area contributed by atoms with Crippen LogP contribution >= 0.6 is 0 Å². The molecule has 3 heteroatoms. The molecule has 94 valence electrons. The minimum atomic E-state index is -0.117. The molecule has 1 saturated heterocycles. The molecule has 0 saturated carbocycles. The van der Waals surface area contributed by atoms with Gasteiger partial charge in [-0.25, -0.2) is 4.39 Å². The number of benzene rings is 1. The highest BCUT2D eigenvalue weighted by Gasteiger charge is 2.12. The van der Waals surface area contributed by atoms with E-state index in [1.165, 1.54) is 32.0 Å². The van der Waals surface area contributed by atoms with Gasteiger partial charge in [-0.15, -0.1) is 0 Å². The van der Waals surface area contributed by atoms with E-state index in [1.807, 2.05) is 19.1 Å². The van der Waals surface area contributed by atoms with E-state index in [1.54, 1.807) is 6.07 Å². The summed E-state index contributed by atoms with van der Waals surface area (Å²) in [5, 5.41) is 3.38. The van der Waals surface area contributed by atoms with Crippen LogP contribution < -0.4 is 5.32 Å². The predicted octanol–water partition coefficient (Wildman–Crippen LogP) is 2.57. The minimum absolute atomic E-state index is 0.0822. The van der Waals surface area contributed by atoms with Crippen molar-refractivity contribution in [1.29, 1.82) is 0 Å². The van der Waals surface area contributed by atoms with Crippen LogP contribution in [0, 0.1) is 5.82 Å². The molecule has 0 aromatic heterocycles. The second kappa shape index (κ2) is 6.12. The minimum Gasteiger partial charge on any atom is -0.309 e. The van der Waals surface area contributed by atoms with Gasteiger partial charge in [-0.2, -0.15) is 0 Å². The fraction of sp³-hybridized carbons (Fsp3) is 0.571. The fourth-order valence-corrected chi connectivity index (χ4v) is 2.38. The summed E-state index contributed by atoms with van der Waals surface area (Å²) in [7, 11) is 0. The Morgan fingerprint density at radius 2 is 2.00 bits per heavy atom. The molecule has 1 aliphatic heterocycles. The second-order valence-electron chi connectivity index (χ2n) is 4.75. The van der Waals surface area contributed by atoms with Crippen LogP contribution in [-0.4, -0.2) is 31.1 Å². The summed E-state index contributed by atoms with van der Waals surface area (Å²) < 4.78 is 13.5. The molecule has 0 radical (unpaired) electrons. The molecule has 1 aromatic rings. The first-order valence-electron chi connectivity index (χ1n) is 6.47. The first kappa shape index (κ1) is 12.5. The molecule has 17 heavy (non-hydrogen) atoms. The second-order valence-corrected chi connectivity index (χ2v) is 4.75. The van der Waals surface area contributed by atoms with E-state index in [9.17, 15) is 4.39 Å². The molecule has 1 aromatic carbocycles. The van der Waals surface area contributed by atoms with Crippen molar-refractivity contribution in [3.05, 3.63) is 35.6 Å². The Hall–Kier alpha value is -0.930. The van der Waals surface area contributed by atoms with Crippen LogP contribution in [0.3, 0.4) is 0 Å². The van der Waals surface area contributed by atoms with Crippen molar-refractivity contribution < 1.29 is 4.39 Å². The van der Waals surface area contributed by atoms with Gasteiger partial charge in [-0.1, -0.05) is 18.2 Å². The Labute approximate surface area is 103 Å². The summed E-state index contributed by atoms with van der Waals surface area (Å²) in [6.45, 7) is 6.45. The summed E-state index contributed by atoms with van der Waals surface area (Å²) in [4.78, 5) is 2.46. The Bertz CT molecular complexity index is 348. The lowest BCUT2D eigenvalue weighted by Crippen LogP contribution is -2.31. The third kappa shape index (κ3) is 3.51. The van der Waals surface area contributed by atoms with Crippen LogP contribution in [0.1, 0.15) is 31.4 Å². The SMILES string of the molecule is C[C@@H](NCCN1CCCC1)c1ccccc1F. The standard InChI is InChI=1S/C14H21FN2/c1-12(13-6-2-3-7-14(13)15)16-8-11-17-9-4-5-10-17/h2-3,6-7,12,16H,4-5,8-11H2,1H3/t12-/m1/s1. The summed E-state index contributed by atoms with van der Waals surface area (Å²) in [5.41, 5.74) is 0.758. The van der Waals surface area contributed by atoms with Gasteiger partial charge in [0.15, 0.2) is 0 Å². The van der Waals surface area contributed by atoms with E-state index in [4.69, 9.17) is 0 Å². The van der Waals surface area contributed by atoms with Crippen molar-refractivity contribution in [2.75, 3.05) is 26.2 Å². The van der Waals surface area contributed by atoms with E-state index in [0.717, 1.165) is 18.7 Å². The highest BCUT2D eigenvalue weighted by molar-refractivity contribution is 5.20. The number of halogens is 1. The molecule has 0 amide bonds. The van der Waals surface area contributed by atoms with Crippen LogP contribution in [0.4, 0.5) is 4.39 Å². The van der Waals surface area contributed by atoms with Gasteiger partial charge in [0.25, 0.3) is 0 Å². The van der Waals surface area contributed by atoms with Crippen molar-refractivity contribution in [3.8, 4) is 0 Å². The van der Waals surface area contributed by atoms with E-state index < -0.39 is 0 Å². The molecule has 0 unspecified atom stereocenters. The lowest BCUT2D eigenvalue weighted by Gasteiger charge is -2.18. The van der Waals surface area contributed by atoms with Crippen molar-refractivity contribution in [1.82, 2.24) is 10.2 Å². The lowest BCUT2D eigenvalue weighted by molar-refractivity contribution is 0.329. The zero-order valence-corrected chi connectivity index (χ0v) is 10.5. The normalized spacial score (nSPS) is 18.5. The smallest absolute Gasteiger partial charge is 0.127 e. The van der Waals surface area contributed by atoms with Gasteiger partial charge in [0.05, 0.1) is 0 Å². The third-order valence-corrected chi connectivity index (χ3v) is 3.45. The van der Waals surface area contributed by atoms with Gasteiger partial charge in [0.1, 0.15) is 5.82 Å². The first-order chi connectivity index (χ1) is 8.27. The summed E-state index contributed by atoms with van der Waals surface area (Å²) in [6, 6.07) is 7.07. The highest BCUT2D eigenvalue weighted by atomic mass is 19.1. The van der Waals surface area contributed by atoms with E-state index in [-0.39, 0.29) is 11.9 Å². The Morgan fingerprint density at radius 3 is 2.71 bits per heavy atom. The van der Waals surface area contributed by atoms with Crippen molar-refractivity contribution in [2.24, 2.45) is 0 Å². The largest absolute Gasteiger partial charge is 0.309 e.